The first-order valence-corrected chi connectivity index (χ1v) is 9.23. The molecule has 0 saturated carbocycles. The number of hydrogen-bond acceptors (Lipinski definition) is 3. The molecule has 0 amide bonds. The van der Waals surface area contributed by atoms with Gasteiger partial charge in [-0.2, -0.15) is 5.26 Å². The van der Waals surface area contributed by atoms with Gasteiger partial charge in [-0.3, -0.25) is 0 Å². The zero-order valence-electron chi connectivity index (χ0n) is 15.5. The van der Waals surface area contributed by atoms with Crippen molar-refractivity contribution >= 4 is 11.6 Å². The second-order valence-corrected chi connectivity index (χ2v) is 6.52. The van der Waals surface area contributed by atoms with Crippen LogP contribution in [0.5, 0.6) is 0 Å². The van der Waals surface area contributed by atoms with Crippen molar-refractivity contribution in [1.82, 2.24) is 10.6 Å². The quantitative estimate of drug-likeness (QED) is 0.632. The van der Waals surface area contributed by atoms with Gasteiger partial charge >= 0.3 is 0 Å². The Kier molecular flexibility index (Phi) is 6.26. The number of halogens is 1. The van der Waals surface area contributed by atoms with Gasteiger partial charge in [0.2, 0.25) is 0 Å². The van der Waals surface area contributed by atoms with Crippen molar-refractivity contribution in [1.29, 1.82) is 5.26 Å². The maximum absolute atomic E-state index is 14.0. The highest BCUT2D eigenvalue weighted by Gasteiger charge is 2.23. The monoisotopic (exact) mass is 365 g/mol. The van der Waals surface area contributed by atoms with Crippen LogP contribution in [0.3, 0.4) is 0 Å². The topological polar surface area (TPSA) is 63.5 Å². The number of rotatable bonds is 5. The van der Waals surface area contributed by atoms with E-state index in [0.29, 0.717) is 17.1 Å². The fourth-order valence-electron chi connectivity index (χ4n) is 3.19. The van der Waals surface area contributed by atoms with Gasteiger partial charge in [0.05, 0.1) is 18.2 Å². The summed E-state index contributed by atoms with van der Waals surface area (Å²) in [5.41, 5.74) is 2.08. The molecule has 0 aliphatic carbocycles. The summed E-state index contributed by atoms with van der Waals surface area (Å²) < 4.78 is 14.0. The fraction of sp³-hybridized carbons (Fsp3) is 0.333. The molecule has 0 spiro atoms. The normalized spacial score (nSPS) is 16.9. The Hall–Kier alpha value is -3.07. The predicted octanol–water partition coefficient (Wildman–Crippen LogP) is 3.03. The Bertz CT molecular complexity index is 828. The van der Waals surface area contributed by atoms with Crippen LogP contribution < -0.4 is 15.5 Å². The molecule has 2 aromatic carbocycles. The van der Waals surface area contributed by atoms with Crippen molar-refractivity contribution in [3.8, 4) is 6.07 Å². The Balaban J connectivity index is 1.64. The van der Waals surface area contributed by atoms with E-state index in [1.165, 1.54) is 17.8 Å². The van der Waals surface area contributed by atoms with Crippen molar-refractivity contribution in [2.75, 3.05) is 24.5 Å². The van der Waals surface area contributed by atoms with Crippen LogP contribution >= 0.6 is 0 Å². The first kappa shape index (κ1) is 18.7. The van der Waals surface area contributed by atoms with E-state index in [1.807, 2.05) is 31.2 Å². The van der Waals surface area contributed by atoms with Crippen molar-refractivity contribution in [2.45, 2.75) is 25.9 Å². The van der Waals surface area contributed by atoms with Crippen LogP contribution in [0.4, 0.5) is 10.1 Å². The lowest BCUT2D eigenvalue weighted by Gasteiger charge is -2.20. The lowest BCUT2D eigenvalue weighted by molar-refractivity contribution is 0.608. The Morgan fingerprint density at radius 3 is 2.85 bits per heavy atom. The van der Waals surface area contributed by atoms with Crippen LogP contribution in [-0.4, -0.2) is 31.6 Å². The summed E-state index contributed by atoms with van der Waals surface area (Å²) >= 11 is 0. The molecule has 1 atom stereocenters. The van der Waals surface area contributed by atoms with E-state index in [9.17, 15) is 4.39 Å². The molecule has 27 heavy (non-hydrogen) atoms. The van der Waals surface area contributed by atoms with E-state index in [-0.39, 0.29) is 18.4 Å². The zero-order chi connectivity index (χ0) is 19.1. The molecule has 6 heteroatoms. The molecule has 1 heterocycles. The van der Waals surface area contributed by atoms with Gasteiger partial charge in [-0.25, -0.2) is 9.38 Å². The maximum Gasteiger partial charge on any atom is 0.191 e. The predicted molar refractivity (Wildman–Crippen MR) is 106 cm³/mol. The summed E-state index contributed by atoms with van der Waals surface area (Å²) in [5.74, 6) is 0.323. The van der Waals surface area contributed by atoms with Gasteiger partial charge in [-0.1, -0.05) is 18.2 Å². The van der Waals surface area contributed by atoms with Crippen molar-refractivity contribution in [2.24, 2.45) is 4.99 Å². The minimum Gasteiger partial charge on any atom is -0.369 e. The lowest BCUT2D eigenvalue weighted by atomic mass is 10.1. The summed E-state index contributed by atoms with van der Waals surface area (Å²) in [6, 6.07) is 17.0. The van der Waals surface area contributed by atoms with E-state index in [4.69, 9.17) is 5.26 Å². The van der Waals surface area contributed by atoms with Gasteiger partial charge in [-0.15, -0.1) is 0 Å². The largest absolute Gasteiger partial charge is 0.369 e. The zero-order valence-corrected chi connectivity index (χ0v) is 15.5. The highest BCUT2D eigenvalue weighted by Crippen LogP contribution is 2.19. The summed E-state index contributed by atoms with van der Waals surface area (Å²) in [7, 11) is 0. The third kappa shape index (κ3) is 4.98. The minimum atomic E-state index is -0.343. The smallest absolute Gasteiger partial charge is 0.191 e. The maximum atomic E-state index is 14.0. The number of guanidine groups is 1. The van der Waals surface area contributed by atoms with E-state index in [0.717, 1.165) is 26.1 Å². The molecule has 2 N–H and O–H groups in total. The molecule has 1 aliphatic heterocycles. The van der Waals surface area contributed by atoms with Crippen LogP contribution in [0.15, 0.2) is 53.5 Å². The number of hydrogen-bond donors (Lipinski definition) is 2. The molecule has 140 valence electrons. The van der Waals surface area contributed by atoms with E-state index >= 15 is 0 Å². The minimum absolute atomic E-state index is 0.186. The number of para-hydroxylation sites is 1. The summed E-state index contributed by atoms with van der Waals surface area (Å²) in [6.07, 6.45) is 1.01. The highest BCUT2D eigenvalue weighted by atomic mass is 19.1. The Labute approximate surface area is 159 Å². The van der Waals surface area contributed by atoms with Crippen LogP contribution in [-0.2, 0) is 6.54 Å². The SMILES string of the molecule is CCNC(=NCc1cc(C#N)ccc1F)NC1CCN(c2ccccc2)C1. The molecule has 0 bridgehead atoms. The molecule has 5 nitrogen and oxygen atoms in total. The van der Waals surface area contributed by atoms with Gasteiger partial charge in [0, 0.05) is 36.9 Å². The number of nitrogens with one attached hydrogen (secondary N) is 2. The molecule has 0 aromatic heterocycles. The van der Waals surface area contributed by atoms with Crippen LogP contribution in [0, 0.1) is 17.1 Å². The second-order valence-electron chi connectivity index (χ2n) is 6.52. The number of benzene rings is 2. The summed E-state index contributed by atoms with van der Waals surface area (Å²) in [5, 5.41) is 15.6. The highest BCUT2D eigenvalue weighted by molar-refractivity contribution is 5.80. The first-order valence-electron chi connectivity index (χ1n) is 9.23. The number of nitrogens with zero attached hydrogens (tertiary/aromatic N) is 3. The van der Waals surface area contributed by atoms with Gasteiger partial charge in [-0.05, 0) is 43.7 Å². The van der Waals surface area contributed by atoms with Crippen molar-refractivity contribution in [3.63, 3.8) is 0 Å². The summed E-state index contributed by atoms with van der Waals surface area (Å²) in [4.78, 5) is 6.85. The molecule has 1 unspecified atom stereocenters. The molecule has 1 aliphatic rings. The van der Waals surface area contributed by atoms with Crippen molar-refractivity contribution < 1.29 is 4.39 Å². The molecular formula is C21H24FN5. The van der Waals surface area contributed by atoms with Gasteiger partial charge < -0.3 is 15.5 Å². The average Bonchev–Trinajstić information content (AvgIpc) is 3.16. The summed E-state index contributed by atoms with van der Waals surface area (Å²) in [6.45, 7) is 4.79. The molecule has 2 aromatic rings. The Morgan fingerprint density at radius 1 is 1.30 bits per heavy atom. The molecule has 0 radical (unpaired) electrons. The van der Waals surface area contributed by atoms with E-state index < -0.39 is 0 Å². The van der Waals surface area contributed by atoms with Crippen LogP contribution in [0.1, 0.15) is 24.5 Å². The molecule has 3 rings (SSSR count). The van der Waals surface area contributed by atoms with E-state index in [2.05, 4.69) is 32.7 Å². The van der Waals surface area contributed by atoms with Gasteiger partial charge in [0.1, 0.15) is 5.82 Å². The second kappa shape index (κ2) is 9.04. The molecular weight excluding hydrogens is 341 g/mol. The lowest BCUT2D eigenvalue weighted by Crippen LogP contribution is -2.44. The van der Waals surface area contributed by atoms with Crippen molar-refractivity contribution in [3.05, 3.63) is 65.5 Å². The molecule has 1 fully saturated rings. The Morgan fingerprint density at radius 2 is 2.11 bits per heavy atom. The standard InChI is InChI=1S/C21H24FN5/c1-2-24-21(25-14-17-12-16(13-23)8-9-20(17)22)26-18-10-11-27(15-18)19-6-4-3-5-7-19/h3-9,12,18H,2,10-11,14-15H2,1H3,(H2,24,25,26). The van der Waals surface area contributed by atoms with E-state index in [1.54, 1.807) is 6.07 Å². The average molecular weight is 365 g/mol. The number of nitriles is 1. The van der Waals surface area contributed by atoms with Gasteiger partial charge in [0.15, 0.2) is 5.96 Å². The first-order chi connectivity index (χ1) is 13.2. The van der Waals surface area contributed by atoms with Crippen LogP contribution in [0.25, 0.3) is 0 Å². The van der Waals surface area contributed by atoms with Gasteiger partial charge in [0.25, 0.3) is 0 Å². The number of aliphatic imine (C=N–C) groups is 1. The third-order valence-corrected chi connectivity index (χ3v) is 4.58. The van der Waals surface area contributed by atoms with Crippen LogP contribution in [0.2, 0.25) is 0 Å². The fourth-order valence-corrected chi connectivity index (χ4v) is 3.19. The third-order valence-electron chi connectivity index (χ3n) is 4.58. The molecule has 1 saturated heterocycles. The number of anilines is 1.